The SMILES string of the molecule is Cc1cc(CSc2nnnn2CC2CCCO2)no1. The number of aromatic nitrogens is 5. The topological polar surface area (TPSA) is 78.9 Å². The molecule has 0 N–H and O–H groups in total. The molecule has 3 rings (SSSR count). The summed E-state index contributed by atoms with van der Waals surface area (Å²) in [5, 5.41) is 16.5. The van der Waals surface area contributed by atoms with Crippen LogP contribution in [0.2, 0.25) is 0 Å². The zero-order valence-electron chi connectivity index (χ0n) is 10.7. The predicted molar refractivity (Wildman–Crippen MR) is 67.6 cm³/mol. The third kappa shape index (κ3) is 3.13. The number of aryl methyl sites for hydroxylation is 1. The van der Waals surface area contributed by atoms with E-state index >= 15 is 0 Å². The number of tetrazole rings is 1. The van der Waals surface area contributed by atoms with Gasteiger partial charge in [-0.25, -0.2) is 4.68 Å². The maximum Gasteiger partial charge on any atom is 0.209 e. The van der Waals surface area contributed by atoms with E-state index in [9.17, 15) is 0 Å². The molecule has 0 radical (unpaired) electrons. The third-order valence-electron chi connectivity index (χ3n) is 2.93. The molecular formula is C11H15N5O2S. The summed E-state index contributed by atoms with van der Waals surface area (Å²) in [4.78, 5) is 0. The molecule has 0 aromatic carbocycles. The highest BCUT2D eigenvalue weighted by atomic mass is 32.2. The van der Waals surface area contributed by atoms with Crippen LogP contribution in [0.5, 0.6) is 0 Å². The molecule has 0 saturated carbocycles. The third-order valence-corrected chi connectivity index (χ3v) is 3.92. The Labute approximate surface area is 114 Å². The van der Waals surface area contributed by atoms with Crippen LogP contribution in [0.15, 0.2) is 15.7 Å². The van der Waals surface area contributed by atoms with Crippen LogP contribution in [-0.4, -0.2) is 38.1 Å². The quantitative estimate of drug-likeness (QED) is 0.767. The first-order chi connectivity index (χ1) is 9.31. The Morgan fingerprint density at radius 3 is 3.21 bits per heavy atom. The van der Waals surface area contributed by atoms with Gasteiger partial charge < -0.3 is 9.26 Å². The Balaban J connectivity index is 1.59. The van der Waals surface area contributed by atoms with Crippen molar-refractivity contribution >= 4 is 11.8 Å². The Morgan fingerprint density at radius 2 is 2.47 bits per heavy atom. The van der Waals surface area contributed by atoms with Crippen molar-refractivity contribution in [1.82, 2.24) is 25.4 Å². The molecule has 1 aliphatic heterocycles. The molecule has 0 amide bonds. The summed E-state index contributed by atoms with van der Waals surface area (Å²) in [6, 6.07) is 1.92. The standard InChI is InChI=1S/C11H15N5O2S/c1-8-5-9(13-18-8)7-19-11-12-14-15-16(11)6-10-3-2-4-17-10/h5,10H,2-4,6-7H2,1H3. The number of thioether (sulfide) groups is 1. The minimum Gasteiger partial charge on any atom is -0.376 e. The van der Waals surface area contributed by atoms with Crippen molar-refractivity contribution in [2.24, 2.45) is 0 Å². The lowest BCUT2D eigenvalue weighted by Crippen LogP contribution is -2.16. The van der Waals surface area contributed by atoms with E-state index in [4.69, 9.17) is 9.26 Å². The lowest BCUT2D eigenvalue weighted by molar-refractivity contribution is 0.0912. The Kier molecular flexibility index (Phi) is 3.79. The predicted octanol–water partition coefficient (Wildman–Crippen LogP) is 1.44. The molecule has 2 aromatic heterocycles. The van der Waals surface area contributed by atoms with Crippen molar-refractivity contribution < 1.29 is 9.26 Å². The van der Waals surface area contributed by atoms with Gasteiger partial charge in [-0.05, 0) is 30.2 Å². The highest BCUT2D eigenvalue weighted by Crippen LogP contribution is 2.21. The van der Waals surface area contributed by atoms with Crippen LogP contribution in [0.4, 0.5) is 0 Å². The summed E-state index contributed by atoms with van der Waals surface area (Å²) in [7, 11) is 0. The molecule has 0 bridgehead atoms. The molecule has 1 unspecified atom stereocenters. The van der Waals surface area contributed by atoms with Gasteiger partial charge in [0.05, 0.1) is 18.3 Å². The van der Waals surface area contributed by atoms with Crippen LogP contribution >= 0.6 is 11.8 Å². The highest BCUT2D eigenvalue weighted by molar-refractivity contribution is 7.98. The molecule has 19 heavy (non-hydrogen) atoms. The highest BCUT2D eigenvalue weighted by Gasteiger charge is 2.19. The molecular weight excluding hydrogens is 266 g/mol. The number of rotatable bonds is 5. The average Bonchev–Trinajstić information content (AvgIpc) is 3.10. The summed E-state index contributed by atoms with van der Waals surface area (Å²) in [5.41, 5.74) is 0.897. The Hall–Kier alpha value is -1.41. The van der Waals surface area contributed by atoms with Crippen LogP contribution in [0, 0.1) is 6.92 Å². The van der Waals surface area contributed by atoms with E-state index in [2.05, 4.69) is 20.7 Å². The summed E-state index contributed by atoms with van der Waals surface area (Å²) in [5.74, 6) is 1.51. The average molecular weight is 281 g/mol. The molecule has 0 spiro atoms. The number of hydrogen-bond donors (Lipinski definition) is 0. The second kappa shape index (κ2) is 5.70. The van der Waals surface area contributed by atoms with Crippen molar-refractivity contribution in [1.29, 1.82) is 0 Å². The van der Waals surface area contributed by atoms with Crippen molar-refractivity contribution in [3.8, 4) is 0 Å². The summed E-state index contributed by atoms with van der Waals surface area (Å²) < 4.78 is 12.4. The molecule has 2 aromatic rings. The van der Waals surface area contributed by atoms with Gasteiger partial charge in [0.1, 0.15) is 5.76 Å². The second-order valence-electron chi connectivity index (χ2n) is 4.50. The first kappa shape index (κ1) is 12.6. The van der Waals surface area contributed by atoms with Gasteiger partial charge in [-0.1, -0.05) is 16.9 Å². The molecule has 1 atom stereocenters. The number of ether oxygens (including phenoxy) is 1. The molecule has 7 nitrogen and oxygen atoms in total. The first-order valence-electron chi connectivity index (χ1n) is 6.24. The molecule has 102 valence electrons. The van der Waals surface area contributed by atoms with Crippen LogP contribution in [-0.2, 0) is 17.0 Å². The zero-order chi connectivity index (χ0) is 13.1. The van der Waals surface area contributed by atoms with Crippen molar-refractivity contribution in [2.75, 3.05) is 6.61 Å². The molecule has 0 aliphatic carbocycles. The fourth-order valence-corrected chi connectivity index (χ4v) is 2.79. The number of nitrogens with zero attached hydrogens (tertiary/aromatic N) is 5. The van der Waals surface area contributed by atoms with Gasteiger partial charge in [-0.2, -0.15) is 0 Å². The normalized spacial score (nSPS) is 19.1. The van der Waals surface area contributed by atoms with E-state index < -0.39 is 0 Å². The van der Waals surface area contributed by atoms with Crippen LogP contribution in [0.3, 0.4) is 0 Å². The fourth-order valence-electron chi connectivity index (χ4n) is 2.02. The second-order valence-corrected chi connectivity index (χ2v) is 5.44. The molecule has 1 saturated heterocycles. The van der Waals surface area contributed by atoms with Crippen molar-refractivity contribution in [3.05, 3.63) is 17.5 Å². The smallest absolute Gasteiger partial charge is 0.209 e. The summed E-state index contributed by atoms with van der Waals surface area (Å²) in [6.45, 7) is 3.43. The first-order valence-corrected chi connectivity index (χ1v) is 7.22. The molecule has 8 heteroatoms. The zero-order valence-corrected chi connectivity index (χ0v) is 11.5. The summed E-state index contributed by atoms with van der Waals surface area (Å²) in [6.07, 6.45) is 2.43. The molecule has 1 aliphatic rings. The minimum absolute atomic E-state index is 0.233. The van der Waals surface area contributed by atoms with Gasteiger partial charge >= 0.3 is 0 Å². The maximum absolute atomic E-state index is 5.59. The van der Waals surface area contributed by atoms with E-state index in [1.165, 1.54) is 0 Å². The van der Waals surface area contributed by atoms with Gasteiger partial charge in [0.2, 0.25) is 5.16 Å². The van der Waals surface area contributed by atoms with Crippen LogP contribution in [0.25, 0.3) is 0 Å². The summed E-state index contributed by atoms with van der Waals surface area (Å²) >= 11 is 1.55. The van der Waals surface area contributed by atoms with E-state index in [1.807, 2.05) is 13.0 Å². The lowest BCUT2D eigenvalue weighted by atomic mass is 10.2. The molecule has 3 heterocycles. The Morgan fingerprint density at radius 1 is 1.53 bits per heavy atom. The van der Waals surface area contributed by atoms with Gasteiger partial charge in [-0.15, -0.1) is 5.10 Å². The van der Waals surface area contributed by atoms with Gasteiger partial charge in [-0.3, -0.25) is 0 Å². The van der Waals surface area contributed by atoms with Gasteiger partial charge in [0.25, 0.3) is 0 Å². The van der Waals surface area contributed by atoms with E-state index in [-0.39, 0.29) is 6.10 Å². The van der Waals surface area contributed by atoms with Crippen LogP contribution < -0.4 is 0 Å². The fraction of sp³-hybridized carbons (Fsp3) is 0.636. The van der Waals surface area contributed by atoms with Gasteiger partial charge in [0, 0.05) is 18.4 Å². The Bertz CT molecular complexity index is 535. The lowest BCUT2D eigenvalue weighted by Gasteiger charge is -2.09. The van der Waals surface area contributed by atoms with Crippen molar-refractivity contribution in [2.45, 2.75) is 43.3 Å². The maximum atomic E-state index is 5.59. The molecule has 1 fully saturated rings. The van der Waals surface area contributed by atoms with E-state index in [0.29, 0.717) is 12.3 Å². The van der Waals surface area contributed by atoms with E-state index in [1.54, 1.807) is 16.4 Å². The minimum atomic E-state index is 0.233. The van der Waals surface area contributed by atoms with Crippen molar-refractivity contribution in [3.63, 3.8) is 0 Å². The van der Waals surface area contributed by atoms with Gasteiger partial charge in [0.15, 0.2) is 0 Å². The number of hydrogen-bond acceptors (Lipinski definition) is 7. The monoisotopic (exact) mass is 281 g/mol. The largest absolute Gasteiger partial charge is 0.376 e. The van der Waals surface area contributed by atoms with Crippen LogP contribution in [0.1, 0.15) is 24.3 Å². The van der Waals surface area contributed by atoms with E-state index in [0.717, 1.165) is 36.1 Å².